The van der Waals surface area contributed by atoms with Gasteiger partial charge in [-0.05, 0) is 39.7 Å². The SMILES string of the molecule is O=C(COc1ccccc1-c1ccccc1)NNC(=O)c1ccc(Br)c([N+](=O)[O-])c1. The summed E-state index contributed by atoms with van der Waals surface area (Å²) in [6.45, 7) is -0.329. The van der Waals surface area contributed by atoms with E-state index in [1.54, 1.807) is 12.1 Å². The van der Waals surface area contributed by atoms with E-state index in [0.29, 0.717) is 5.75 Å². The van der Waals surface area contributed by atoms with E-state index in [4.69, 9.17) is 4.74 Å². The molecule has 30 heavy (non-hydrogen) atoms. The number of nitro benzene ring substituents is 1. The third-order valence-electron chi connectivity index (χ3n) is 4.05. The van der Waals surface area contributed by atoms with E-state index in [1.165, 1.54) is 12.1 Å². The van der Waals surface area contributed by atoms with Crippen LogP contribution >= 0.6 is 15.9 Å². The minimum atomic E-state index is -0.691. The van der Waals surface area contributed by atoms with Crippen molar-refractivity contribution in [2.24, 2.45) is 0 Å². The molecule has 0 aliphatic rings. The van der Waals surface area contributed by atoms with Crippen molar-refractivity contribution in [3.05, 3.63) is 92.9 Å². The Kier molecular flexibility index (Phi) is 6.76. The number of para-hydroxylation sites is 1. The second-order valence-electron chi connectivity index (χ2n) is 6.08. The van der Waals surface area contributed by atoms with Crippen molar-refractivity contribution in [3.8, 4) is 16.9 Å². The molecule has 0 heterocycles. The Hall–Kier alpha value is -3.72. The van der Waals surface area contributed by atoms with Crippen LogP contribution in [0.15, 0.2) is 77.3 Å². The average molecular weight is 470 g/mol. The number of hydrazine groups is 1. The zero-order valence-corrected chi connectivity index (χ0v) is 17.1. The number of benzene rings is 3. The van der Waals surface area contributed by atoms with Gasteiger partial charge in [-0.15, -0.1) is 0 Å². The molecule has 0 saturated carbocycles. The van der Waals surface area contributed by atoms with Gasteiger partial charge in [0, 0.05) is 17.2 Å². The highest BCUT2D eigenvalue weighted by atomic mass is 79.9. The van der Waals surface area contributed by atoms with Gasteiger partial charge >= 0.3 is 0 Å². The number of carbonyl (C=O) groups excluding carboxylic acids is 2. The van der Waals surface area contributed by atoms with Gasteiger partial charge in [0.1, 0.15) is 5.75 Å². The van der Waals surface area contributed by atoms with Gasteiger partial charge in [-0.25, -0.2) is 0 Å². The number of rotatable bonds is 6. The van der Waals surface area contributed by atoms with Gasteiger partial charge in [0.2, 0.25) is 0 Å². The lowest BCUT2D eigenvalue weighted by molar-refractivity contribution is -0.385. The van der Waals surface area contributed by atoms with Crippen LogP contribution in [0.5, 0.6) is 5.75 Å². The van der Waals surface area contributed by atoms with E-state index in [9.17, 15) is 19.7 Å². The summed E-state index contributed by atoms with van der Waals surface area (Å²) in [5.74, 6) is -0.754. The first kappa shape index (κ1) is 21.0. The summed E-state index contributed by atoms with van der Waals surface area (Å²) in [4.78, 5) is 34.6. The number of hydrogen-bond donors (Lipinski definition) is 2. The van der Waals surface area contributed by atoms with Crippen molar-refractivity contribution in [3.63, 3.8) is 0 Å². The van der Waals surface area contributed by atoms with Crippen molar-refractivity contribution < 1.29 is 19.2 Å². The molecule has 0 aliphatic heterocycles. The predicted octanol–water partition coefficient (Wildman–Crippen LogP) is 3.86. The minimum absolute atomic E-state index is 0.0283. The van der Waals surface area contributed by atoms with Gasteiger partial charge in [-0.3, -0.25) is 30.6 Å². The third kappa shape index (κ3) is 5.21. The molecule has 3 aromatic carbocycles. The summed E-state index contributed by atoms with van der Waals surface area (Å²) < 4.78 is 5.85. The molecule has 0 aliphatic carbocycles. The first-order chi connectivity index (χ1) is 14.5. The van der Waals surface area contributed by atoms with E-state index in [1.807, 2.05) is 42.5 Å². The zero-order valence-electron chi connectivity index (χ0n) is 15.5. The van der Waals surface area contributed by atoms with Gasteiger partial charge in [-0.1, -0.05) is 48.5 Å². The summed E-state index contributed by atoms with van der Waals surface area (Å²) >= 11 is 3.05. The van der Waals surface area contributed by atoms with Crippen molar-refractivity contribution in [1.29, 1.82) is 0 Å². The molecule has 0 atom stereocenters. The Bertz CT molecular complexity index is 1090. The van der Waals surface area contributed by atoms with Crippen molar-refractivity contribution in [1.82, 2.24) is 10.9 Å². The lowest BCUT2D eigenvalue weighted by Gasteiger charge is -2.12. The van der Waals surface area contributed by atoms with Crippen LogP contribution in [0.1, 0.15) is 10.4 Å². The molecule has 2 N–H and O–H groups in total. The van der Waals surface area contributed by atoms with Crippen LogP contribution in [-0.4, -0.2) is 23.3 Å². The molecular weight excluding hydrogens is 454 g/mol. The summed E-state index contributed by atoms with van der Waals surface area (Å²) in [7, 11) is 0. The standard InChI is InChI=1S/C21H16BrN3O5/c22-17-11-10-15(12-18(17)25(28)29)21(27)24-23-20(26)13-30-19-9-5-4-8-16(19)14-6-2-1-3-7-14/h1-12H,13H2,(H,23,26)(H,24,27). The molecule has 8 nitrogen and oxygen atoms in total. The Labute approximate surface area is 180 Å². The van der Waals surface area contributed by atoms with Crippen LogP contribution in [0.25, 0.3) is 11.1 Å². The first-order valence-corrected chi connectivity index (χ1v) is 9.55. The van der Waals surface area contributed by atoms with Crippen LogP contribution < -0.4 is 15.6 Å². The quantitative estimate of drug-likeness (QED) is 0.420. The van der Waals surface area contributed by atoms with Crippen molar-refractivity contribution >= 4 is 33.4 Å². The molecule has 0 radical (unpaired) electrons. The van der Waals surface area contributed by atoms with Gasteiger partial charge < -0.3 is 4.74 Å². The summed E-state index contributed by atoms with van der Waals surface area (Å²) in [5, 5.41) is 11.0. The van der Waals surface area contributed by atoms with Crippen molar-refractivity contribution in [2.45, 2.75) is 0 Å². The maximum absolute atomic E-state index is 12.1. The van der Waals surface area contributed by atoms with Crippen molar-refractivity contribution in [2.75, 3.05) is 6.61 Å². The second kappa shape index (κ2) is 9.66. The van der Waals surface area contributed by atoms with Crippen LogP contribution in [0, 0.1) is 10.1 Å². The fourth-order valence-corrected chi connectivity index (χ4v) is 3.01. The Morgan fingerprint density at radius 3 is 2.40 bits per heavy atom. The molecule has 152 valence electrons. The van der Waals surface area contributed by atoms with Crippen LogP contribution in [0.3, 0.4) is 0 Å². The zero-order chi connectivity index (χ0) is 21.5. The number of amides is 2. The normalized spacial score (nSPS) is 10.2. The maximum Gasteiger partial charge on any atom is 0.284 e. The predicted molar refractivity (Wildman–Crippen MR) is 114 cm³/mol. The minimum Gasteiger partial charge on any atom is -0.483 e. The topological polar surface area (TPSA) is 111 Å². The first-order valence-electron chi connectivity index (χ1n) is 8.76. The number of nitrogens with one attached hydrogen (secondary N) is 2. The number of carbonyl (C=O) groups is 2. The molecule has 3 aromatic rings. The van der Waals surface area contributed by atoms with Gasteiger partial charge in [0.05, 0.1) is 9.40 Å². The van der Waals surface area contributed by atoms with E-state index >= 15 is 0 Å². The molecule has 9 heteroatoms. The fourth-order valence-electron chi connectivity index (χ4n) is 2.62. The highest BCUT2D eigenvalue weighted by Crippen LogP contribution is 2.29. The molecule has 0 spiro atoms. The Morgan fingerprint density at radius 2 is 1.67 bits per heavy atom. The van der Waals surface area contributed by atoms with Crippen LogP contribution in [-0.2, 0) is 4.79 Å². The Morgan fingerprint density at radius 1 is 0.967 bits per heavy atom. The monoisotopic (exact) mass is 469 g/mol. The lowest BCUT2D eigenvalue weighted by Crippen LogP contribution is -2.43. The highest BCUT2D eigenvalue weighted by molar-refractivity contribution is 9.10. The molecule has 0 bridgehead atoms. The smallest absolute Gasteiger partial charge is 0.284 e. The largest absolute Gasteiger partial charge is 0.483 e. The molecule has 3 rings (SSSR count). The Balaban J connectivity index is 1.58. The maximum atomic E-state index is 12.1. The number of ether oxygens (including phenoxy) is 1. The molecule has 0 aromatic heterocycles. The lowest BCUT2D eigenvalue weighted by atomic mass is 10.1. The molecule has 0 saturated heterocycles. The van der Waals surface area contributed by atoms with Gasteiger partial charge in [0.15, 0.2) is 6.61 Å². The van der Waals surface area contributed by atoms with Crippen LogP contribution in [0.2, 0.25) is 0 Å². The van der Waals surface area contributed by atoms with Gasteiger partial charge in [-0.2, -0.15) is 0 Å². The van der Waals surface area contributed by atoms with Gasteiger partial charge in [0.25, 0.3) is 17.5 Å². The third-order valence-corrected chi connectivity index (χ3v) is 4.72. The average Bonchev–Trinajstić information content (AvgIpc) is 2.77. The number of nitro groups is 1. The molecule has 0 unspecified atom stereocenters. The summed E-state index contributed by atoms with van der Waals surface area (Å²) in [6.07, 6.45) is 0. The molecule has 0 fully saturated rings. The number of halogens is 1. The van der Waals surface area contributed by atoms with E-state index < -0.39 is 16.7 Å². The van der Waals surface area contributed by atoms with E-state index in [2.05, 4.69) is 26.8 Å². The molecular formula is C21H16BrN3O5. The van der Waals surface area contributed by atoms with E-state index in [-0.39, 0.29) is 22.3 Å². The van der Waals surface area contributed by atoms with E-state index in [0.717, 1.165) is 17.2 Å². The summed E-state index contributed by atoms with van der Waals surface area (Å²) in [6, 6.07) is 20.8. The van der Waals surface area contributed by atoms with Crippen LogP contribution in [0.4, 0.5) is 5.69 Å². The number of hydrogen-bond acceptors (Lipinski definition) is 5. The highest BCUT2D eigenvalue weighted by Gasteiger charge is 2.16. The number of nitrogens with zero attached hydrogens (tertiary/aromatic N) is 1. The molecule has 2 amide bonds. The summed E-state index contributed by atoms with van der Waals surface area (Å²) in [5.41, 5.74) is 5.99. The fraction of sp³-hybridized carbons (Fsp3) is 0.0476. The second-order valence-corrected chi connectivity index (χ2v) is 6.93.